The van der Waals surface area contributed by atoms with Gasteiger partial charge in [0, 0.05) is 18.7 Å². The van der Waals surface area contributed by atoms with Crippen molar-refractivity contribution in [1.82, 2.24) is 15.6 Å². The van der Waals surface area contributed by atoms with E-state index in [-0.39, 0.29) is 5.56 Å². The van der Waals surface area contributed by atoms with Crippen molar-refractivity contribution in [2.75, 3.05) is 20.6 Å². The van der Waals surface area contributed by atoms with Crippen LogP contribution in [0.1, 0.15) is 19.3 Å². The van der Waals surface area contributed by atoms with E-state index in [2.05, 4.69) is 15.6 Å². The minimum absolute atomic E-state index is 0.306. The lowest BCUT2D eigenvalue weighted by atomic mass is 10.1. The molecule has 5 heteroatoms. The Kier molecular flexibility index (Phi) is 7.73. The molecule has 0 saturated carbocycles. The molecular weight excluding hydrogens is 250 g/mol. The first-order valence-electron chi connectivity index (χ1n) is 6.29. The maximum atomic E-state index is 6.16. The van der Waals surface area contributed by atoms with Gasteiger partial charge in [0.2, 0.25) is 0 Å². The van der Waals surface area contributed by atoms with Crippen LogP contribution in [0.25, 0.3) is 0 Å². The Morgan fingerprint density at radius 3 is 2.78 bits per heavy atom. The number of halogens is 1. The molecule has 0 fully saturated rings. The van der Waals surface area contributed by atoms with E-state index in [1.807, 2.05) is 26.2 Å². The molecule has 1 heterocycles. The fraction of sp³-hybridized carbons (Fsp3) is 0.615. The third kappa shape index (κ3) is 6.19. The first-order chi connectivity index (χ1) is 8.76. The third-order valence-corrected chi connectivity index (χ3v) is 3.10. The van der Waals surface area contributed by atoms with E-state index >= 15 is 0 Å². The van der Waals surface area contributed by atoms with Gasteiger partial charge in [0.05, 0.1) is 6.20 Å². The Bertz CT molecular complexity index is 310. The molecule has 0 bridgehead atoms. The quantitative estimate of drug-likeness (QED) is 0.675. The van der Waals surface area contributed by atoms with Crippen LogP contribution in [0.2, 0.25) is 0 Å². The topological polar surface area (TPSA) is 46.2 Å². The Morgan fingerprint density at radius 1 is 1.33 bits per heavy atom. The first-order valence-corrected chi connectivity index (χ1v) is 6.72. The van der Waals surface area contributed by atoms with Crippen LogP contribution in [0.3, 0.4) is 0 Å². The number of rotatable bonds is 9. The van der Waals surface area contributed by atoms with Gasteiger partial charge in [0.1, 0.15) is 5.75 Å². The van der Waals surface area contributed by atoms with Gasteiger partial charge < -0.3 is 15.4 Å². The molecule has 0 saturated heterocycles. The third-order valence-electron chi connectivity index (χ3n) is 2.79. The zero-order valence-corrected chi connectivity index (χ0v) is 11.8. The second kappa shape index (κ2) is 9.14. The monoisotopic (exact) mass is 271 g/mol. The van der Waals surface area contributed by atoms with Gasteiger partial charge in [-0.15, -0.1) is 0 Å². The normalized spacial score (nSPS) is 14.2. The zero-order valence-electron chi connectivity index (χ0n) is 11.0. The average molecular weight is 272 g/mol. The summed E-state index contributed by atoms with van der Waals surface area (Å²) in [5.74, 6) is 0.716. The number of aromatic nitrogens is 1. The Balaban J connectivity index is 2.25. The summed E-state index contributed by atoms with van der Waals surface area (Å²) in [5.41, 5.74) is -0.306. The second-order valence-corrected chi connectivity index (χ2v) is 4.66. The van der Waals surface area contributed by atoms with Gasteiger partial charge in [-0.05, 0) is 45.6 Å². The molecule has 1 rings (SSSR count). The van der Waals surface area contributed by atoms with E-state index in [4.69, 9.17) is 16.3 Å². The van der Waals surface area contributed by atoms with Gasteiger partial charge >= 0.3 is 0 Å². The number of alkyl halides is 1. The Hall–Kier alpha value is -0.840. The Morgan fingerprint density at radius 2 is 2.17 bits per heavy atom. The van der Waals surface area contributed by atoms with Crippen LogP contribution in [0.5, 0.6) is 5.75 Å². The Labute approximate surface area is 114 Å². The van der Waals surface area contributed by atoms with Gasteiger partial charge in [-0.3, -0.25) is 4.98 Å². The van der Waals surface area contributed by atoms with Crippen molar-refractivity contribution in [1.29, 1.82) is 0 Å². The lowest BCUT2D eigenvalue weighted by Gasteiger charge is -2.18. The van der Waals surface area contributed by atoms with E-state index in [0.29, 0.717) is 11.8 Å². The van der Waals surface area contributed by atoms with Crippen molar-refractivity contribution >= 4 is 11.6 Å². The van der Waals surface area contributed by atoms with Crippen molar-refractivity contribution in [3.8, 4) is 5.75 Å². The summed E-state index contributed by atoms with van der Waals surface area (Å²) in [6.45, 7) is 1.00. The van der Waals surface area contributed by atoms with E-state index < -0.39 is 0 Å². The van der Waals surface area contributed by atoms with Gasteiger partial charge in [-0.1, -0.05) is 11.6 Å². The first kappa shape index (κ1) is 15.2. The SMILES string of the molecule is CNCCC(CCC(Cl)Oc1cccnc1)NC. The summed E-state index contributed by atoms with van der Waals surface area (Å²) in [6.07, 6.45) is 6.28. The molecule has 0 radical (unpaired) electrons. The van der Waals surface area contributed by atoms with E-state index in [0.717, 1.165) is 25.8 Å². The highest BCUT2D eigenvalue weighted by molar-refractivity contribution is 6.19. The second-order valence-electron chi connectivity index (χ2n) is 4.17. The molecule has 0 amide bonds. The van der Waals surface area contributed by atoms with E-state index in [9.17, 15) is 0 Å². The molecule has 1 aromatic heterocycles. The smallest absolute Gasteiger partial charge is 0.172 e. The summed E-state index contributed by atoms with van der Waals surface area (Å²) >= 11 is 6.16. The highest BCUT2D eigenvalue weighted by Crippen LogP contribution is 2.16. The molecule has 2 atom stereocenters. The van der Waals surface area contributed by atoms with Crippen LogP contribution in [-0.4, -0.2) is 37.2 Å². The predicted octanol–water partition coefficient (Wildman–Crippen LogP) is 2.00. The van der Waals surface area contributed by atoms with Crippen molar-refractivity contribution in [2.45, 2.75) is 30.9 Å². The minimum atomic E-state index is -0.306. The van der Waals surface area contributed by atoms with E-state index in [1.165, 1.54) is 0 Å². The summed E-state index contributed by atoms with van der Waals surface area (Å²) in [7, 11) is 3.94. The molecule has 2 unspecified atom stereocenters. The van der Waals surface area contributed by atoms with Crippen LogP contribution < -0.4 is 15.4 Å². The number of nitrogens with zero attached hydrogens (tertiary/aromatic N) is 1. The van der Waals surface area contributed by atoms with Gasteiger partial charge in [-0.2, -0.15) is 0 Å². The van der Waals surface area contributed by atoms with Crippen LogP contribution in [-0.2, 0) is 0 Å². The van der Waals surface area contributed by atoms with E-state index in [1.54, 1.807) is 12.4 Å². The van der Waals surface area contributed by atoms with Crippen LogP contribution >= 0.6 is 11.6 Å². The largest absolute Gasteiger partial charge is 0.473 e. The molecule has 0 aliphatic rings. The van der Waals surface area contributed by atoms with Gasteiger partial charge in [0.15, 0.2) is 5.56 Å². The lowest BCUT2D eigenvalue weighted by molar-refractivity contribution is 0.256. The molecule has 102 valence electrons. The zero-order chi connectivity index (χ0) is 13.2. The molecule has 0 aliphatic carbocycles. The summed E-state index contributed by atoms with van der Waals surface area (Å²) < 4.78 is 5.57. The van der Waals surface area contributed by atoms with Crippen molar-refractivity contribution < 1.29 is 4.74 Å². The van der Waals surface area contributed by atoms with Gasteiger partial charge in [0.25, 0.3) is 0 Å². The highest BCUT2D eigenvalue weighted by Gasteiger charge is 2.11. The molecule has 0 aromatic carbocycles. The molecule has 1 aromatic rings. The lowest BCUT2D eigenvalue weighted by Crippen LogP contribution is -2.30. The average Bonchev–Trinajstić information content (AvgIpc) is 2.40. The molecule has 4 nitrogen and oxygen atoms in total. The van der Waals surface area contributed by atoms with Crippen molar-refractivity contribution in [3.63, 3.8) is 0 Å². The van der Waals surface area contributed by atoms with Crippen molar-refractivity contribution in [2.24, 2.45) is 0 Å². The summed E-state index contributed by atoms with van der Waals surface area (Å²) in [6, 6.07) is 4.16. The molecule has 18 heavy (non-hydrogen) atoms. The van der Waals surface area contributed by atoms with Crippen molar-refractivity contribution in [3.05, 3.63) is 24.5 Å². The maximum absolute atomic E-state index is 6.16. The summed E-state index contributed by atoms with van der Waals surface area (Å²) in [4.78, 5) is 3.99. The number of hydrogen-bond donors (Lipinski definition) is 2. The highest BCUT2D eigenvalue weighted by atomic mass is 35.5. The minimum Gasteiger partial charge on any atom is -0.473 e. The number of ether oxygens (including phenoxy) is 1. The fourth-order valence-corrected chi connectivity index (χ4v) is 1.94. The molecule has 0 aliphatic heterocycles. The fourth-order valence-electron chi connectivity index (χ4n) is 1.71. The number of hydrogen-bond acceptors (Lipinski definition) is 4. The van der Waals surface area contributed by atoms with Gasteiger partial charge in [-0.25, -0.2) is 0 Å². The summed E-state index contributed by atoms with van der Waals surface area (Å²) in [5, 5.41) is 6.44. The van der Waals surface area contributed by atoms with Crippen LogP contribution in [0.15, 0.2) is 24.5 Å². The molecule has 2 N–H and O–H groups in total. The number of pyridine rings is 1. The molecular formula is C13H22ClN3O. The number of nitrogens with one attached hydrogen (secondary N) is 2. The standard InChI is InChI=1S/C13H22ClN3O/c1-15-9-7-11(16-2)5-6-13(14)18-12-4-3-8-17-10-12/h3-4,8,10-11,13,15-16H,5-7,9H2,1-2H3. The maximum Gasteiger partial charge on any atom is 0.172 e. The van der Waals surface area contributed by atoms with Crippen LogP contribution in [0.4, 0.5) is 0 Å². The molecule has 0 spiro atoms. The predicted molar refractivity (Wildman–Crippen MR) is 75.1 cm³/mol. The van der Waals surface area contributed by atoms with Crippen LogP contribution in [0, 0.1) is 0 Å².